The van der Waals surface area contributed by atoms with Gasteiger partial charge < -0.3 is 5.11 Å². The molecule has 0 saturated heterocycles. The summed E-state index contributed by atoms with van der Waals surface area (Å²) in [6, 6.07) is 0. The molecule has 0 amide bonds. The van der Waals surface area contributed by atoms with Crippen molar-refractivity contribution < 1.29 is 14.7 Å². The molecule has 1 atom stereocenters. The smallest absolute Gasteiger partial charge is 0.314 e. The summed E-state index contributed by atoms with van der Waals surface area (Å²) in [5, 5.41) is 8.32. The third-order valence-electron chi connectivity index (χ3n) is 1.20. The molecule has 0 aliphatic heterocycles. The van der Waals surface area contributed by atoms with Crippen molar-refractivity contribution in [3.05, 3.63) is 0 Å². The summed E-state index contributed by atoms with van der Waals surface area (Å²) in [7, 11) is 0. The number of carbonyl (C=O) groups is 2. The number of ketones is 1. The van der Waals surface area contributed by atoms with E-state index >= 15 is 0 Å². The van der Waals surface area contributed by atoms with Gasteiger partial charge in [0, 0.05) is 0 Å². The van der Waals surface area contributed by atoms with Gasteiger partial charge in [0.25, 0.3) is 0 Å². The summed E-state index contributed by atoms with van der Waals surface area (Å²) in [5.74, 6) is -2.10. The predicted octanol–water partition coefficient (Wildman–Crippen LogP) is 2.10. The molecule has 3 heteroatoms. The van der Waals surface area contributed by atoms with E-state index in [0.717, 1.165) is 0 Å². The van der Waals surface area contributed by atoms with Crippen LogP contribution in [0.1, 0.15) is 40.5 Å². The van der Waals surface area contributed by atoms with Crippen LogP contribution in [0.2, 0.25) is 0 Å². The third-order valence-corrected chi connectivity index (χ3v) is 1.20. The van der Waals surface area contributed by atoms with Crippen LogP contribution in [0.25, 0.3) is 0 Å². The highest BCUT2D eigenvalue weighted by Gasteiger charge is 2.19. The van der Waals surface area contributed by atoms with Gasteiger partial charge in [-0.1, -0.05) is 27.2 Å². The summed E-state index contributed by atoms with van der Waals surface area (Å²) in [5.41, 5.74) is 0. The van der Waals surface area contributed by atoms with Gasteiger partial charge >= 0.3 is 5.97 Å². The van der Waals surface area contributed by atoms with Gasteiger partial charge in [0.2, 0.25) is 0 Å². The van der Waals surface area contributed by atoms with Crippen molar-refractivity contribution in [2.75, 3.05) is 0 Å². The Hall–Kier alpha value is -0.860. The van der Waals surface area contributed by atoms with Gasteiger partial charge in [-0.25, -0.2) is 0 Å². The molecule has 0 aromatic heterocycles. The molecule has 0 aliphatic carbocycles. The van der Waals surface area contributed by atoms with Crippen molar-refractivity contribution in [1.29, 1.82) is 0 Å². The average Bonchev–Trinajstić information content (AvgIpc) is 1.88. The van der Waals surface area contributed by atoms with Gasteiger partial charge in [-0.3, -0.25) is 9.59 Å². The number of carbonyl (C=O) groups excluding carboxylic acids is 1. The molecule has 0 aromatic rings. The van der Waals surface area contributed by atoms with Crippen LogP contribution >= 0.6 is 0 Å². The van der Waals surface area contributed by atoms with Gasteiger partial charge in [0.1, 0.15) is 11.7 Å². The first kappa shape index (κ1) is 13.7. The van der Waals surface area contributed by atoms with Gasteiger partial charge in [0.05, 0.1) is 0 Å². The van der Waals surface area contributed by atoms with Gasteiger partial charge in [-0.15, -0.1) is 0 Å². The molecular formula is C9H18O3. The molecule has 0 fully saturated rings. The Balaban J connectivity index is 0. The van der Waals surface area contributed by atoms with Crippen LogP contribution in [0.15, 0.2) is 0 Å². The number of carboxylic acid groups (broad SMARTS) is 1. The first-order chi connectivity index (χ1) is 5.51. The minimum Gasteiger partial charge on any atom is -0.481 e. The maximum absolute atomic E-state index is 10.4. The van der Waals surface area contributed by atoms with E-state index in [2.05, 4.69) is 13.8 Å². The second kappa shape index (κ2) is 8.24. The SMILES string of the molecule is CCC.CCC(C(C)=O)C(=O)O. The Morgan fingerprint density at radius 1 is 1.25 bits per heavy atom. The lowest BCUT2D eigenvalue weighted by atomic mass is 10.0. The van der Waals surface area contributed by atoms with Crippen LogP contribution in [0.4, 0.5) is 0 Å². The zero-order valence-electron chi connectivity index (χ0n) is 8.26. The number of hydrogen-bond donors (Lipinski definition) is 1. The molecule has 0 bridgehead atoms. The number of rotatable bonds is 3. The van der Waals surface area contributed by atoms with Gasteiger partial charge in [0.15, 0.2) is 0 Å². The first-order valence-electron chi connectivity index (χ1n) is 4.24. The molecule has 72 valence electrons. The minimum absolute atomic E-state index is 0.273. The molecule has 0 rings (SSSR count). The fourth-order valence-corrected chi connectivity index (χ4v) is 0.636. The van der Waals surface area contributed by atoms with E-state index in [0.29, 0.717) is 6.42 Å². The van der Waals surface area contributed by atoms with Crippen molar-refractivity contribution >= 4 is 11.8 Å². The molecule has 0 saturated carbocycles. The van der Waals surface area contributed by atoms with Crippen LogP contribution in [-0.2, 0) is 9.59 Å². The Kier molecular flexibility index (Phi) is 9.41. The van der Waals surface area contributed by atoms with E-state index < -0.39 is 11.9 Å². The van der Waals surface area contributed by atoms with Gasteiger partial charge in [-0.05, 0) is 13.3 Å². The van der Waals surface area contributed by atoms with Crippen LogP contribution < -0.4 is 0 Å². The van der Waals surface area contributed by atoms with E-state index in [4.69, 9.17) is 5.11 Å². The predicted molar refractivity (Wildman–Crippen MR) is 48.1 cm³/mol. The standard InChI is InChI=1S/C6H10O3.C3H8/c1-3-5(4(2)7)6(8)9;1-3-2/h5H,3H2,1-2H3,(H,8,9);3H2,1-2H3. The zero-order valence-corrected chi connectivity index (χ0v) is 8.26. The second-order valence-corrected chi connectivity index (χ2v) is 2.62. The van der Waals surface area contributed by atoms with Crippen molar-refractivity contribution in [2.24, 2.45) is 5.92 Å². The lowest BCUT2D eigenvalue weighted by Crippen LogP contribution is -2.19. The monoisotopic (exact) mass is 174 g/mol. The molecule has 0 aliphatic rings. The molecule has 0 aromatic carbocycles. The molecule has 0 heterocycles. The van der Waals surface area contributed by atoms with E-state index in [9.17, 15) is 9.59 Å². The molecule has 1 N–H and O–H groups in total. The number of Topliss-reactive ketones (excluding diaryl/α,β-unsaturated/α-hetero) is 1. The first-order valence-corrected chi connectivity index (χ1v) is 4.24. The summed E-state index contributed by atoms with van der Waals surface area (Å²) in [6.07, 6.45) is 1.63. The lowest BCUT2D eigenvalue weighted by molar-refractivity contribution is -0.145. The Morgan fingerprint density at radius 3 is 1.58 bits per heavy atom. The number of aliphatic carboxylic acids is 1. The van der Waals surface area contributed by atoms with E-state index in [1.165, 1.54) is 13.3 Å². The highest BCUT2D eigenvalue weighted by molar-refractivity contribution is 5.96. The fourth-order valence-electron chi connectivity index (χ4n) is 0.636. The molecular weight excluding hydrogens is 156 g/mol. The molecule has 12 heavy (non-hydrogen) atoms. The number of hydrogen-bond acceptors (Lipinski definition) is 2. The summed E-state index contributed by atoms with van der Waals surface area (Å²) in [6.45, 7) is 7.22. The highest BCUT2D eigenvalue weighted by atomic mass is 16.4. The second-order valence-electron chi connectivity index (χ2n) is 2.62. The van der Waals surface area contributed by atoms with Crippen LogP contribution in [-0.4, -0.2) is 16.9 Å². The maximum atomic E-state index is 10.4. The largest absolute Gasteiger partial charge is 0.481 e. The Labute approximate surface area is 73.8 Å². The highest BCUT2D eigenvalue weighted by Crippen LogP contribution is 2.02. The topological polar surface area (TPSA) is 54.4 Å². The van der Waals surface area contributed by atoms with Gasteiger partial charge in [-0.2, -0.15) is 0 Å². The van der Waals surface area contributed by atoms with Crippen molar-refractivity contribution in [1.82, 2.24) is 0 Å². The summed E-state index contributed by atoms with van der Waals surface area (Å²) >= 11 is 0. The Bertz CT molecular complexity index is 127. The van der Waals surface area contributed by atoms with E-state index in [-0.39, 0.29) is 5.78 Å². The molecule has 0 spiro atoms. The van der Waals surface area contributed by atoms with E-state index in [1.54, 1.807) is 6.92 Å². The quantitative estimate of drug-likeness (QED) is 0.666. The zero-order chi connectivity index (χ0) is 10.1. The fraction of sp³-hybridized carbons (Fsp3) is 0.778. The van der Waals surface area contributed by atoms with Crippen molar-refractivity contribution in [2.45, 2.75) is 40.5 Å². The Morgan fingerprint density at radius 2 is 1.58 bits per heavy atom. The maximum Gasteiger partial charge on any atom is 0.314 e. The molecule has 3 nitrogen and oxygen atoms in total. The van der Waals surface area contributed by atoms with Crippen LogP contribution in [0.5, 0.6) is 0 Å². The average molecular weight is 174 g/mol. The normalized spacial score (nSPS) is 11.0. The third kappa shape index (κ3) is 7.25. The van der Waals surface area contributed by atoms with Crippen LogP contribution in [0.3, 0.4) is 0 Å². The minimum atomic E-state index is -1.02. The van der Waals surface area contributed by atoms with Crippen LogP contribution in [0, 0.1) is 5.92 Å². The van der Waals surface area contributed by atoms with Crippen molar-refractivity contribution in [3.63, 3.8) is 0 Å². The molecule has 0 radical (unpaired) electrons. The van der Waals surface area contributed by atoms with Crippen molar-refractivity contribution in [3.8, 4) is 0 Å². The summed E-state index contributed by atoms with van der Waals surface area (Å²) in [4.78, 5) is 20.6. The molecule has 1 unspecified atom stereocenters. The summed E-state index contributed by atoms with van der Waals surface area (Å²) < 4.78 is 0. The van der Waals surface area contributed by atoms with E-state index in [1.807, 2.05) is 0 Å². The number of carboxylic acids is 1. The lowest BCUT2D eigenvalue weighted by Gasteiger charge is -2.01.